The van der Waals surface area contributed by atoms with Gasteiger partial charge in [0.15, 0.2) is 0 Å². The Kier molecular flexibility index (Phi) is 5.91. The third-order valence-electron chi connectivity index (χ3n) is 6.01. The van der Waals surface area contributed by atoms with Crippen LogP contribution in [0.4, 0.5) is 18.9 Å². The predicted molar refractivity (Wildman–Crippen MR) is 121 cm³/mol. The first-order valence-electron chi connectivity index (χ1n) is 11.0. The van der Waals surface area contributed by atoms with Crippen LogP contribution in [0.1, 0.15) is 43.1 Å². The van der Waals surface area contributed by atoms with E-state index in [1.165, 1.54) is 23.1 Å². The highest BCUT2D eigenvalue weighted by atomic mass is 19.4. The van der Waals surface area contributed by atoms with E-state index in [2.05, 4.69) is 5.32 Å². The van der Waals surface area contributed by atoms with Gasteiger partial charge in [-0.3, -0.25) is 14.4 Å². The standard InChI is InChI=1S/C25H26F3N3O3/c1-24(2,3)13-21(32)30-9-10-31-20(14-30)22(33)29-19-8-7-16(12-18(19)23(31)34)15-5-4-6-17(11-15)25(26,27)28/h4-8,11-12,20H,9-10,13-14H2,1-3H3,(H,29,33)/t20-/m1/s1. The van der Waals surface area contributed by atoms with Crippen LogP contribution in [-0.2, 0) is 15.8 Å². The summed E-state index contributed by atoms with van der Waals surface area (Å²) < 4.78 is 39.4. The van der Waals surface area contributed by atoms with Crippen molar-refractivity contribution in [3.05, 3.63) is 53.6 Å². The van der Waals surface area contributed by atoms with E-state index in [1.807, 2.05) is 20.8 Å². The molecule has 1 fully saturated rings. The van der Waals surface area contributed by atoms with E-state index in [4.69, 9.17) is 0 Å². The van der Waals surface area contributed by atoms with E-state index >= 15 is 0 Å². The summed E-state index contributed by atoms with van der Waals surface area (Å²) in [6, 6.07) is 8.65. The Morgan fingerprint density at radius 1 is 1.03 bits per heavy atom. The van der Waals surface area contributed by atoms with E-state index in [9.17, 15) is 27.6 Å². The van der Waals surface area contributed by atoms with Crippen LogP contribution in [0.5, 0.6) is 0 Å². The lowest BCUT2D eigenvalue weighted by atomic mass is 9.91. The molecule has 0 radical (unpaired) electrons. The predicted octanol–water partition coefficient (Wildman–Crippen LogP) is 4.41. The number of hydrogen-bond donors (Lipinski definition) is 1. The molecule has 1 saturated heterocycles. The van der Waals surface area contributed by atoms with Crippen molar-refractivity contribution in [2.24, 2.45) is 5.41 Å². The van der Waals surface area contributed by atoms with Gasteiger partial charge in [0.05, 0.1) is 23.4 Å². The minimum Gasteiger partial charge on any atom is -0.338 e. The van der Waals surface area contributed by atoms with Crippen LogP contribution in [0.25, 0.3) is 11.1 Å². The van der Waals surface area contributed by atoms with E-state index in [1.54, 1.807) is 17.0 Å². The number of benzene rings is 2. The van der Waals surface area contributed by atoms with Gasteiger partial charge in [-0.2, -0.15) is 13.2 Å². The van der Waals surface area contributed by atoms with Gasteiger partial charge in [0.2, 0.25) is 11.8 Å². The Bertz CT molecular complexity index is 1150. The second-order valence-corrected chi connectivity index (χ2v) is 9.92. The first-order valence-corrected chi connectivity index (χ1v) is 11.0. The van der Waals surface area contributed by atoms with Crippen LogP contribution in [0, 0.1) is 5.41 Å². The molecule has 2 heterocycles. The summed E-state index contributed by atoms with van der Waals surface area (Å²) in [7, 11) is 0. The van der Waals surface area contributed by atoms with Crippen LogP contribution in [0.3, 0.4) is 0 Å². The largest absolute Gasteiger partial charge is 0.416 e. The van der Waals surface area contributed by atoms with Gasteiger partial charge in [0.25, 0.3) is 5.91 Å². The van der Waals surface area contributed by atoms with E-state index in [0.717, 1.165) is 12.1 Å². The van der Waals surface area contributed by atoms with Crippen molar-refractivity contribution in [2.45, 2.75) is 39.4 Å². The number of fused-ring (bicyclic) bond motifs is 2. The topological polar surface area (TPSA) is 69.7 Å². The van der Waals surface area contributed by atoms with Crippen molar-refractivity contribution in [3.63, 3.8) is 0 Å². The van der Waals surface area contributed by atoms with Crippen molar-refractivity contribution in [3.8, 4) is 11.1 Å². The zero-order valence-corrected chi connectivity index (χ0v) is 19.2. The molecule has 6 nitrogen and oxygen atoms in total. The summed E-state index contributed by atoms with van der Waals surface area (Å²) in [5.41, 5.74) is 0.273. The number of amides is 3. The Balaban J connectivity index is 1.62. The number of alkyl halides is 3. The second kappa shape index (κ2) is 8.45. The highest BCUT2D eigenvalue weighted by molar-refractivity contribution is 6.10. The van der Waals surface area contributed by atoms with Gasteiger partial charge in [0, 0.05) is 19.5 Å². The number of carbonyl (C=O) groups excluding carboxylic acids is 3. The molecule has 0 spiro atoms. The zero-order valence-electron chi connectivity index (χ0n) is 19.2. The summed E-state index contributed by atoms with van der Waals surface area (Å²) in [4.78, 5) is 42.1. The van der Waals surface area contributed by atoms with Crippen molar-refractivity contribution in [1.82, 2.24) is 9.80 Å². The normalized spacial score (nSPS) is 18.7. The maximum Gasteiger partial charge on any atom is 0.416 e. The number of hydrogen-bond acceptors (Lipinski definition) is 3. The molecule has 9 heteroatoms. The minimum atomic E-state index is -4.48. The van der Waals surface area contributed by atoms with E-state index in [-0.39, 0.29) is 30.0 Å². The molecule has 0 unspecified atom stereocenters. The molecule has 0 saturated carbocycles. The smallest absolute Gasteiger partial charge is 0.338 e. The lowest BCUT2D eigenvalue weighted by Gasteiger charge is -2.40. The molecule has 2 aromatic rings. The molecule has 0 bridgehead atoms. The number of halogens is 3. The molecule has 34 heavy (non-hydrogen) atoms. The molecule has 1 N–H and O–H groups in total. The minimum absolute atomic E-state index is 0.0685. The molecule has 2 aliphatic rings. The third-order valence-corrected chi connectivity index (χ3v) is 6.01. The molecule has 4 rings (SSSR count). The quantitative estimate of drug-likeness (QED) is 0.703. The molecule has 0 aliphatic carbocycles. The summed E-state index contributed by atoms with van der Waals surface area (Å²) in [6.07, 6.45) is -4.15. The van der Waals surface area contributed by atoms with Gasteiger partial charge < -0.3 is 15.1 Å². The summed E-state index contributed by atoms with van der Waals surface area (Å²) in [5, 5.41) is 2.75. The summed E-state index contributed by atoms with van der Waals surface area (Å²) >= 11 is 0. The summed E-state index contributed by atoms with van der Waals surface area (Å²) in [5.74, 6) is -0.858. The van der Waals surface area contributed by atoms with Gasteiger partial charge in [-0.05, 0) is 40.8 Å². The number of nitrogens with zero attached hydrogens (tertiary/aromatic N) is 2. The van der Waals surface area contributed by atoms with E-state index in [0.29, 0.717) is 29.8 Å². The summed E-state index contributed by atoms with van der Waals surface area (Å²) in [6.45, 7) is 6.49. The number of carbonyl (C=O) groups is 3. The molecule has 0 aromatic heterocycles. The highest BCUT2D eigenvalue weighted by Gasteiger charge is 2.41. The molecule has 2 aliphatic heterocycles. The fraction of sp³-hybridized carbons (Fsp3) is 0.400. The highest BCUT2D eigenvalue weighted by Crippen LogP contribution is 2.34. The fourth-order valence-electron chi connectivity index (χ4n) is 4.30. The first kappa shape index (κ1) is 23.8. The molecule has 180 valence electrons. The van der Waals surface area contributed by atoms with Crippen molar-refractivity contribution in [2.75, 3.05) is 25.0 Å². The van der Waals surface area contributed by atoms with Gasteiger partial charge in [-0.1, -0.05) is 39.0 Å². The Morgan fingerprint density at radius 2 is 1.74 bits per heavy atom. The van der Waals surface area contributed by atoms with Gasteiger partial charge in [-0.25, -0.2) is 0 Å². The van der Waals surface area contributed by atoms with Crippen molar-refractivity contribution < 1.29 is 27.6 Å². The van der Waals surface area contributed by atoms with Crippen LogP contribution in [-0.4, -0.2) is 53.2 Å². The van der Waals surface area contributed by atoms with Crippen LogP contribution >= 0.6 is 0 Å². The number of nitrogens with one attached hydrogen (secondary N) is 1. The number of anilines is 1. The monoisotopic (exact) mass is 473 g/mol. The van der Waals surface area contributed by atoms with Gasteiger partial charge in [0.1, 0.15) is 6.04 Å². The second-order valence-electron chi connectivity index (χ2n) is 9.92. The Morgan fingerprint density at radius 3 is 2.41 bits per heavy atom. The molecule has 3 amide bonds. The zero-order chi connectivity index (χ0) is 24.8. The van der Waals surface area contributed by atoms with E-state index < -0.39 is 29.6 Å². The SMILES string of the molecule is CC(C)(C)CC(=O)N1CCN2C(=O)c3cc(-c4cccc(C(F)(F)F)c4)ccc3NC(=O)[C@H]2C1. The molecule has 1 atom stereocenters. The average molecular weight is 473 g/mol. The lowest BCUT2D eigenvalue weighted by Crippen LogP contribution is -2.59. The number of piperazine rings is 1. The maximum absolute atomic E-state index is 13.4. The van der Waals surface area contributed by atoms with Gasteiger partial charge >= 0.3 is 6.18 Å². The van der Waals surface area contributed by atoms with Crippen molar-refractivity contribution in [1.29, 1.82) is 0 Å². The molecule has 2 aromatic carbocycles. The Hall–Kier alpha value is -3.36. The molecular weight excluding hydrogens is 447 g/mol. The van der Waals surface area contributed by atoms with Gasteiger partial charge in [-0.15, -0.1) is 0 Å². The van der Waals surface area contributed by atoms with Crippen LogP contribution in [0.15, 0.2) is 42.5 Å². The maximum atomic E-state index is 13.4. The fourth-order valence-corrected chi connectivity index (χ4v) is 4.30. The van der Waals surface area contributed by atoms with Crippen LogP contribution in [0.2, 0.25) is 0 Å². The third kappa shape index (κ3) is 4.78. The Labute approximate surface area is 195 Å². The molecular formula is C25H26F3N3O3. The van der Waals surface area contributed by atoms with Crippen LogP contribution < -0.4 is 5.32 Å². The average Bonchev–Trinajstić information content (AvgIpc) is 2.86. The first-order chi connectivity index (χ1) is 15.8. The number of rotatable bonds is 2. The lowest BCUT2D eigenvalue weighted by molar-refractivity contribution is -0.138. The van der Waals surface area contributed by atoms with Crippen molar-refractivity contribution >= 4 is 23.4 Å².